The standard InChI is InChI=1S/C19H21ClF2N2O.C17H19ClF2N2O.C15H17ClF2N2O.C13H15ClF2N2O.C12H11ClF2N2O.C12H13ClF2N2O/c20-14-15(21)12-7-23-24-17(12)13(16(14)22)19(25)8-18(9-19)10-3-1-4-11(18)6-2-5-10;18-12-13(19)10-8-21-22-15(10)11(14(12)20)16(23)17(6-7-17)9-4-2-1-3-5-9;1-15(2,7-4-3-5-7)14(21)9-12(18)10(16)11(17)8-6-19-20-13(8)9;1-12(2,13(3,15)16)11(19)9-5-8(14)4-7-6-17-18-10(7)9;13-8-9(14)6-4-16-17-11(6)7(10(8)15)12(18)5-2-1-3-5;1-12(2,3)11(18)6-9(15)7(13)8(14)5-4-16-17-10(5)6/h7,10-11,25H,1-6,8-9H2,(H,23,24);8-9,16,23H,1-7H2,(H,21,22);6-7,14,21H,3-5H2,1-2H3,(H,19,20);4-6,11,19H,1-3H3,(H,17,18);4-5,12,18H,1-3H2,(H,16,17);4,11,18H,1-3H3,(H,16,17). The molecule has 6 aromatic heterocycles. The number of rotatable bonds is 13. The minimum Gasteiger partial charge on any atom is -0.388 e. The van der Waals surface area contributed by atoms with Crippen LogP contribution >= 0.6 is 69.6 Å². The van der Waals surface area contributed by atoms with Gasteiger partial charge in [0.15, 0.2) is 58.2 Å². The molecule has 36 heteroatoms. The summed E-state index contributed by atoms with van der Waals surface area (Å²) in [5.74, 6) is -9.78. The van der Waals surface area contributed by atoms with Gasteiger partial charge in [-0.1, -0.05) is 163 Å². The Labute approximate surface area is 735 Å². The maximum absolute atomic E-state index is 14.9. The van der Waals surface area contributed by atoms with Crippen molar-refractivity contribution in [3.05, 3.63) is 171 Å². The number of fused-ring (bicyclic) bond motifs is 6. The zero-order valence-electron chi connectivity index (χ0n) is 68.9. The van der Waals surface area contributed by atoms with Crippen LogP contribution in [0.1, 0.15) is 254 Å². The number of halogens is 18. The highest BCUT2D eigenvalue weighted by Crippen LogP contribution is 2.70. The van der Waals surface area contributed by atoms with Gasteiger partial charge in [0.25, 0.3) is 5.92 Å². The third kappa shape index (κ3) is 16.4. The molecule has 7 aliphatic carbocycles. The van der Waals surface area contributed by atoms with E-state index in [0.717, 1.165) is 84.0 Å². The van der Waals surface area contributed by atoms with E-state index in [1.165, 1.54) is 102 Å². The highest BCUT2D eigenvalue weighted by atomic mass is 35.5. The van der Waals surface area contributed by atoms with Crippen molar-refractivity contribution >= 4 is 135 Å². The van der Waals surface area contributed by atoms with Gasteiger partial charge in [-0.25, -0.2) is 52.7 Å². The summed E-state index contributed by atoms with van der Waals surface area (Å²) in [6.45, 7) is 12.5. The Hall–Kier alpha value is -7.20. The summed E-state index contributed by atoms with van der Waals surface area (Å²) in [5, 5.41) is 101. The van der Waals surface area contributed by atoms with Crippen molar-refractivity contribution < 1.29 is 83.3 Å². The van der Waals surface area contributed by atoms with Gasteiger partial charge in [-0.3, -0.25) is 30.6 Å². The lowest BCUT2D eigenvalue weighted by Crippen LogP contribution is -2.60. The summed E-state index contributed by atoms with van der Waals surface area (Å²) in [5.41, 5.74) is -2.27. The van der Waals surface area contributed by atoms with Crippen LogP contribution in [0.3, 0.4) is 0 Å². The number of benzene rings is 6. The number of aliphatic hydroxyl groups excluding tert-OH is 5. The van der Waals surface area contributed by atoms with Gasteiger partial charge >= 0.3 is 0 Å². The van der Waals surface area contributed by atoms with Gasteiger partial charge < -0.3 is 30.6 Å². The van der Waals surface area contributed by atoms with Crippen LogP contribution in [0, 0.1) is 115 Å². The molecule has 5 atom stereocenters. The fourth-order valence-corrected chi connectivity index (χ4v) is 21.1. The van der Waals surface area contributed by atoms with Crippen LogP contribution in [-0.4, -0.2) is 97.7 Å². The molecular formula is C88H96Cl6F12N12O6. The molecule has 7 saturated carbocycles. The molecule has 12 aromatic rings. The number of H-pyrrole nitrogens is 6. The maximum atomic E-state index is 14.9. The Bertz CT molecular complexity index is 5940. The van der Waals surface area contributed by atoms with Crippen molar-refractivity contribution in [2.75, 3.05) is 0 Å². The van der Waals surface area contributed by atoms with Gasteiger partial charge in [0.2, 0.25) is 0 Å². The van der Waals surface area contributed by atoms with Crippen molar-refractivity contribution in [3.8, 4) is 0 Å². The number of aromatic amines is 6. The first-order valence-electron chi connectivity index (χ1n) is 41.5. The fraction of sp³-hybridized carbons (Fsp3) is 0.523. The van der Waals surface area contributed by atoms with Crippen molar-refractivity contribution in [3.63, 3.8) is 0 Å². The van der Waals surface area contributed by atoms with E-state index in [1.807, 2.05) is 13.8 Å². The van der Waals surface area contributed by atoms with Crippen LogP contribution in [0.2, 0.25) is 30.1 Å². The highest BCUT2D eigenvalue weighted by molar-refractivity contribution is 6.34. The Morgan fingerprint density at radius 1 is 0.395 bits per heavy atom. The zero-order chi connectivity index (χ0) is 89.9. The van der Waals surface area contributed by atoms with Gasteiger partial charge in [-0.05, 0) is 155 Å². The maximum Gasteiger partial charge on any atom is 0.253 e. The summed E-state index contributed by atoms with van der Waals surface area (Å²) in [6.07, 6.45) is 24.0. The van der Waals surface area contributed by atoms with Crippen LogP contribution in [0.4, 0.5) is 52.7 Å². The fourth-order valence-electron chi connectivity index (χ4n) is 19.8. The summed E-state index contributed by atoms with van der Waals surface area (Å²) >= 11 is 34.6. The Morgan fingerprint density at radius 3 is 1.17 bits per heavy atom. The molecule has 6 aromatic carbocycles. The third-order valence-corrected chi connectivity index (χ3v) is 30.1. The summed E-state index contributed by atoms with van der Waals surface area (Å²) < 4.78 is 169. The monoisotopic (exact) mass is 1850 g/mol. The average molecular weight is 1860 g/mol. The second-order valence-corrected chi connectivity index (χ2v) is 39.3. The number of aliphatic hydroxyl groups is 6. The van der Waals surface area contributed by atoms with Crippen molar-refractivity contribution in [1.82, 2.24) is 61.2 Å². The van der Waals surface area contributed by atoms with E-state index in [1.54, 1.807) is 26.8 Å². The number of hydrogen-bond acceptors (Lipinski definition) is 12. The van der Waals surface area contributed by atoms with E-state index in [0.29, 0.717) is 58.0 Å². The second kappa shape index (κ2) is 35.3. The molecule has 0 amide bonds. The summed E-state index contributed by atoms with van der Waals surface area (Å²) in [6, 6.07) is 3.15. The van der Waals surface area contributed by atoms with E-state index >= 15 is 0 Å². The van der Waals surface area contributed by atoms with E-state index < -0.39 is 142 Å². The first-order chi connectivity index (χ1) is 58.4. The topological polar surface area (TPSA) is 293 Å². The highest BCUT2D eigenvalue weighted by Gasteiger charge is 2.64. The van der Waals surface area contributed by atoms with Crippen molar-refractivity contribution in [1.29, 1.82) is 0 Å². The van der Waals surface area contributed by atoms with E-state index in [2.05, 4.69) is 61.2 Å². The molecule has 12 N–H and O–H groups in total. The Balaban J connectivity index is 0.000000122. The molecule has 2 bridgehead atoms. The van der Waals surface area contributed by atoms with Crippen LogP contribution in [0.5, 0.6) is 0 Å². The Kier molecular flexibility index (Phi) is 26.5. The van der Waals surface area contributed by atoms with Gasteiger partial charge in [0.1, 0.15) is 25.1 Å². The lowest BCUT2D eigenvalue weighted by Gasteiger charge is -2.64. The number of alkyl halides is 2. The van der Waals surface area contributed by atoms with Crippen molar-refractivity contribution in [2.45, 2.75) is 232 Å². The van der Waals surface area contributed by atoms with E-state index in [4.69, 9.17) is 69.6 Å². The van der Waals surface area contributed by atoms with Crippen LogP contribution < -0.4 is 0 Å². The van der Waals surface area contributed by atoms with Gasteiger partial charge in [-0.2, -0.15) is 30.6 Å². The quantitative estimate of drug-likeness (QED) is 0.0379. The van der Waals surface area contributed by atoms with Gasteiger partial charge in [0, 0.05) is 49.2 Å². The second-order valence-electron chi connectivity index (χ2n) is 37.0. The normalized spacial score (nSPS) is 21.7. The Morgan fingerprint density at radius 2 is 0.758 bits per heavy atom. The molecule has 19 rings (SSSR count). The number of aromatic nitrogens is 12. The molecular weight excluding hydrogens is 1760 g/mol. The molecule has 7 fully saturated rings. The first kappa shape index (κ1) is 93.0. The summed E-state index contributed by atoms with van der Waals surface area (Å²) in [7, 11) is 0. The first-order valence-corrected chi connectivity index (χ1v) is 43.8. The third-order valence-electron chi connectivity index (χ3n) is 28.2. The van der Waals surface area contributed by atoms with E-state index in [9.17, 15) is 83.3 Å². The summed E-state index contributed by atoms with van der Waals surface area (Å²) in [4.78, 5) is 0. The largest absolute Gasteiger partial charge is 0.388 e. The van der Waals surface area contributed by atoms with Crippen LogP contribution in [0.15, 0.2) is 49.3 Å². The minimum absolute atomic E-state index is 0.00537. The molecule has 5 unspecified atom stereocenters. The average Bonchev–Trinajstić information content (AvgIpc) is 1.03. The van der Waals surface area contributed by atoms with Crippen molar-refractivity contribution in [2.24, 2.45) is 56.7 Å². The molecule has 0 saturated heterocycles. The smallest absolute Gasteiger partial charge is 0.253 e. The van der Waals surface area contributed by atoms with E-state index in [-0.39, 0.29) is 99.1 Å². The minimum atomic E-state index is -3.04. The number of hydrogen-bond donors (Lipinski definition) is 12. The molecule has 1 spiro atoms. The molecule has 670 valence electrons. The predicted octanol–water partition coefficient (Wildman–Crippen LogP) is 25.1. The SMILES string of the molecule is CC(C)(C)C(O)c1c(F)c(Cl)c(F)c2cn[nH]c12.CC(C)(C1CCC1)C(O)c1c(F)c(Cl)c(F)c2cn[nH]c12.CC(F)(F)C(C)(C)C(O)c1cc(Cl)cc2cn[nH]c12.OC(c1c(F)c(Cl)c(F)c2cn[nH]c12)C1(C2CCCCC2)CC1.OC(c1c(F)c(Cl)c(F)c2cn[nH]c12)C1CCC1.OC1(c2c(F)c(Cl)c(F)c3cn[nH]c23)CC2(C1)C1CCCC2CCC1. The predicted molar refractivity (Wildman–Crippen MR) is 452 cm³/mol. The molecule has 18 nitrogen and oxygen atoms in total. The number of nitrogens with zero attached hydrogens (tertiary/aromatic N) is 6. The van der Waals surface area contributed by atoms with Crippen LogP contribution in [-0.2, 0) is 5.60 Å². The molecule has 6 heterocycles. The molecule has 124 heavy (non-hydrogen) atoms. The molecule has 0 aliphatic heterocycles. The van der Waals surface area contributed by atoms with Crippen LogP contribution in [0.25, 0.3) is 65.4 Å². The number of nitrogens with one attached hydrogen (secondary N) is 6. The van der Waals surface area contributed by atoms with Gasteiger partial charge in [0.05, 0.1) is 139 Å². The lowest BCUT2D eigenvalue weighted by molar-refractivity contribution is -0.212. The zero-order valence-corrected chi connectivity index (χ0v) is 73.4. The molecule has 7 aliphatic rings. The molecule has 0 radical (unpaired) electrons. The van der Waals surface area contributed by atoms with Gasteiger partial charge in [-0.15, -0.1) is 0 Å². The lowest BCUT2D eigenvalue weighted by atomic mass is 9.41.